The molecule has 2 N–H and O–H groups in total. The maximum Gasteiger partial charge on any atom is 0.251 e. The highest BCUT2D eigenvalue weighted by molar-refractivity contribution is 5.95. The number of furan rings is 1. The molecule has 7 nitrogen and oxygen atoms in total. The van der Waals surface area contributed by atoms with Gasteiger partial charge in [0.1, 0.15) is 11.3 Å². The van der Waals surface area contributed by atoms with Crippen molar-refractivity contribution < 1.29 is 18.5 Å². The van der Waals surface area contributed by atoms with Crippen molar-refractivity contribution in [3.63, 3.8) is 0 Å². The van der Waals surface area contributed by atoms with E-state index in [-0.39, 0.29) is 18.4 Å². The minimum atomic E-state index is -0.248. The van der Waals surface area contributed by atoms with Gasteiger partial charge in [-0.2, -0.15) is 0 Å². The SMILES string of the molecule is CC(=O)Nc1ccc(C(=O)NCc2cc(-c3cc4ccccc4o3)on2)cc1. The highest BCUT2D eigenvalue weighted by atomic mass is 16.5. The van der Waals surface area contributed by atoms with Gasteiger partial charge >= 0.3 is 0 Å². The molecule has 0 spiro atoms. The summed E-state index contributed by atoms with van der Waals surface area (Å²) in [5.41, 5.74) is 2.47. The molecule has 2 heterocycles. The van der Waals surface area contributed by atoms with Gasteiger partial charge in [-0.1, -0.05) is 23.4 Å². The Hall–Kier alpha value is -3.87. The first-order valence-corrected chi connectivity index (χ1v) is 8.69. The fourth-order valence-corrected chi connectivity index (χ4v) is 2.80. The van der Waals surface area contributed by atoms with Crippen molar-refractivity contribution in [2.45, 2.75) is 13.5 Å². The number of nitrogens with zero attached hydrogens (tertiary/aromatic N) is 1. The molecule has 0 bridgehead atoms. The van der Waals surface area contributed by atoms with Crippen molar-refractivity contribution in [3.05, 3.63) is 71.9 Å². The summed E-state index contributed by atoms with van der Waals surface area (Å²) in [5, 5.41) is 10.4. The summed E-state index contributed by atoms with van der Waals surface area (Å²) in [4.78, 5) is 23.3. The van der Waals surface area contributed by atoms with E-state index in [1.165, 1.54) is 6.92 Å². The summed E-state index contributed by atoms with van der Waals surface area (Å²) in [6.07, 6.45) is 0. The van der Waals surface area contributed by atoms with Crippen LogP contribution in [0.2, 0.25) is 0 Å². The van der Waals surface area contributed by atoms with Gasteiger partial charge in [-0.25, -0.2) is 0 Å². The summed E-state index contributed by atoms with van der Waals surface area (Å²) in [6.45, 7) is 1.65. The van der Waals surface area contributed by atoms with Crippen LogP contribution in [0.1, 0.15) is 23.0 Å². The standard InChI is InChI=1S/C21H17N3O4/c1-13(25)23-16-8-6-14(7-9-16)21(26)22-12-17-11-20(28-24-17)19-10-15-4-2-3-5-18(15)27-19/h2-11H,12H2,1H3,(H,22,26)(H,23,25). The van der Waals surface area contributed by atoms with Gasteiger partial charge in [-0.3, -0.25) is 9.59 Å². The summed E-state index contributed by atoms with van der Waals surface area (Å²) in [5.74, 6) is 0.672. The molecule has 2 amide bonds. The molecule has 0 unspecified atom stereocenters. The van der Waals surface area contributed by atoms with Crippen LogP contribution in [0, 0.1) is 0 Å². The quantitative estimate of drug-likeness (QED) is 0.550. The van der Waals surface area contributed by atoms with Crippen LogP contribution >= 0.6 is 0 Å². The number of para-hydroxylation sites is 1. The van der Waals surface area contributed by atoms with Gasteiger partial charge in [0.05, 0.1) is 6.54 Å². The number of hydrogen-bond acceptors (Lipinski definition) is 5. The minimum absolute atomic E-state index is 0.163. The molecule has 0 saturated carbocycles. The molecule has 7 heteroatoms. The van der Waals surface area contributed by atoms with Gasteiger partial charge in [-0.05, 0) is 36.4 Å². The summed E-state index contributed by atoms with van der Waals surface area (Å²) in [6, 6.07) is 17.9. The number of hydrogen-bond donors (Lipinski definition) is 2. The van der Waals surface area contributed by atoms with E-state index >= 15 is 0 Å². The van der Waals surface area contributed by atoms with Gasteiger partial charge in [0.25, 0.3) is 5.91 Å². The van der Waals surface area contributed by atoms with E-state index in [1.807, 2.05) is 30.3 Å². The second-order valence-corrected chi connectivity index (χ2v) is 6.27. The van der Waals surface area contributed by atoms with Crippen LogP contribution in [0.15, 0.2) is 69.6 Å². The van der Waals surface area contributed by atoms with Crippen LogP contribution in [0.5, 0.6) is 0 Å². The lowest BCUT2D eigenvalue weighted by atomic mass is 10.2. The predicted molar refractivity (Wildman–Crippen MR) is 104 cm³/mol. The zero-order valence-electron chi connectivity index (χ0n) is 15.1. The molecule has 0 aliphatic carbocycles. The lowest BCUT2D eigenvalue weighted by Gasteiger charge is -2.05. The number of rotatable bonds is 5. The molecule has 2 aromatic carbocycles. The Labute approximate surface area is 160 Å². The van der Waals surface area contributed by atoms with Crippen molar-refractivity contribution in [2.24, 2.45) is 0 Å². The van der Waals surface area contributed by atoms with Crippen molar-refractivity contribution in [1.82, 2.24) is 10.5 Å². The first-order chi connectivity index (χ1) is 13.6. The molecule has 28 heavy (non-hydrogen) atoms. The normalized spacial score (nSPS) is 10.8. The number of anilines is 1. The fraction of sp³-hybridized carbons (Fsp3) is 0.0952. The van der Waals surface area contributed by atoms with E-state index in [1.54, 1.807) is 30.3 Å². The second-order valence-electron chi connectivity index (χ2n) is 6.27. The third kappa shape index (κ3) is 3.78. The molecular weight excluding hydrogens is 358 g/mol. The monoisotopic (exact) mass is 375 g/mol. The van der Waals surface area contributed by atoms with Crippen LogP contribution in [-0.2, 0) is 11.3 Å². The average Bonchev–Trinajstić information content (AvgIpc) is 3.33. The largest absolute Gasteiger partial charge is 0.453 e. The molecule has 4 aromatic rings. The summed E-state index contributed by atoms with van der Waals surface area (Å²) in [7, 11) is 0. The number of aromatic nitrogens is 1. The van der Waals surface area contributed by atoms with E-state index in [9.17, 15) is 9.59 Å². The molecule has 4 rings (SSSR count). The maximum absolute atomic E-state index is 12.3. The zero-order chi connectivity index (χ0) is 19.5. The van der Waals surface area contributed by atoms with Gasteiger partial charge in [0, 0.05) is 29.6 Å². The van der Waals surface area contributed by atoms with E-state index in [0.29, 0.717) is 28.5 Å². The number of nitrogens with one attached hydrogen (secondary N) is 2. The minimum Gasteiger partial charge on any atom is -0.453 e. The predicted octanol–water partition coefficient (Wildman–Crippen LogP) is 3.98. The Bertz CT molecular complexity index is 1110. The van der Waals surface area contributed by atoms with Crippen molar-refractivity contribution in [1.29, 1.82) is 0 Å². The smallest absolute Gasteiger partial charge is 0.251 e. The molecule has 0 atom stereocenters. The molecular formula is C21H17N3O4. The van der Waals surface area contributed by atoms with Crippen molar-refractivity contribution in [3.8, 4) is 11.5 Å². The molecule has 0 saturated heterocycles. The summed E-state index contributed by atoms with van der Waals surface area (Å²) >= 11 is 0. The lowest BCUT2D eigenvalue weighted by molar-refractivity contribution is -0.114. The van der Waals surface area contributed by atoms with E-state index in [0.717, 1.165) is 11.0 Å². The summed E-state index contributed by atoms with van der Waals surface area (Å²) < 4.78 is 11.1. The van der Waals surface area contributed by atoms with E-state index < -0.39 is 0 Å². The van der Waals surface area contributed by atoms with Crippen LogP contribution in [0.4, 0.5) is 5.69 Å². The van der Waals surface area contributed by atoms with Gasteiger partial charge in [0.2, 0.25) is 11.7 Å². The topological polar surface area (TPSA) is 97.4 Å². The van der Waals surface area contributed by atoms with Gasteiger partial charge in [-0.15, -0.1) is 0 Å². The van der Waals surface area contributed by atoms with E-state index in [2.05, 4.69) is 15.8 Å². The Morgan fingerprint density at radius 1 is 1.00 bits per heavy atom. The first kappa shape index (κ1) is 17.5. The third-order valence-electron chi connectivity index (χ3n) is 4.12. The molecule has 2 aromatic heterocycles. The van der Waals surface area contributed by atoms with Crippen LogP contribution in [0.3, 0.4) is 0 Å². The highest BCUT2D eigenvalue weighted by Gasteiger charge is 2.13. The molecule has 0 fully saturated rings. The third-order valence-corrected chi connectivity index (χ3v) is 4.12. The number of benzene rings is 2. The molecule has 0 radical (unpaired) electrons. The Kier molecular flexibility index (Phi) is 4.63. The average molecular weight is 375 g/mol. The van der Waals surface area contributed by atoms with Crippen molar-refractivity contribution >= 4 is 28.5 Å². The molecule has 0 aliphatic rings. The Morgan fingerprint density at radius 2 is 1.79 bits per heavy atom. The van der Waals surface area contributed by atoms with Crippen LogP contribution in [-0.4, -0.2) is 17.0 Å². The number of carbonyl (C=O) groups is 2. The lowest BCUT2D eigenvalue weighted by Crippen LogP contribution is -2.22. The molecule has 0 aliphatic heterocycles. The first-order valence-electron chi connectivity index (χ1n) is 8.69. The number of fused-ring (bicyclic) bond motifs is 1. The zero-order valence-corrected chi connectivity index (χ0v) is 15.1. The van der Waals surface area contributed by atoms with Crippen LogP contribution in [0.25, 0.3) is 22.5 Å². The van der Waals surface area contributed by atoms with Gasteiger partial charge < -0.3 is 19.6 Å². The number of carbonyl (C=O) groups excluding carboxylic acids is 2. The van der Waals surface area contributed by atoms with Gasteiger partial charge in [0.15, 0.2) is 5.76 Å². The Balaban J connectivity index is 1.40. The van der Waals surface area contributed by atoms with E-state index in [4.69, 9.17) is 8.94 Å². The highest BCUT2D eigenvalue weighted by Crippen LogP contribution is 2.28. The Morgan fingerprint density at radius 3 is 2.54 bits per heavy atom. The second kappa shape index (κ2) is 7.40. The number of amides is 2. The fourth-order valence-electron chi connectivity index (χ4n) is 2.80. The maximum atomic E-state index is 12.3. The van der Waals surface area contributed by atoms with Crippen molar-refractivity contribution in [2.75, 3.05) is 5.32 Å². The van der Waals surface area contributed by atoms with Crippen LogP contribution < -0.4 is 10.6 Å². The molecule has 140 valence electrons.